The average molecular weight is 257 g/mol. The van der Waals surface area contributed by atoms with Gasteiger partial charge in [-0.2, -0.15) is 0 Å². The lowest BCUT2D eigenvalue weighted by Gasteiger charge is -2.45. The van der Waals surface area contributed by atoms with Gasteiger partial charge in [0.05, 0.1) is 12.5 Å². The molecule has 1 amide bonds. The minimum absolute atomic E-state index is 0.123. The van der Waals surface area contributed by atoms with Gasteiger partial charge in [0.2, 0.25) is 0 Å². The molecule has 1 aliphatic rings. The third-order valence-electron chi connectivity index (χ3n) is 3.27. The van der Waals surface area contributed by atoms with Gasteiger partial charge in [-0.3, -0.25) is 4.79 Å². The maximum atomic E-state index is 11.7. The van der Waals surface area contributed by atoms with Crippen molar-refractivity contribution in [2.75, 3.05) is 20.2 Å². The zero-order valence-electron chi connectivity index (χ0n) is 12.1. The van der Waals surface area contributed by atoms with Gasteiger partial charge in [-0.05, 0) is 34.6 Å². The lowest BCUT2D eigenvalue weighted by molar-refractivity contribution is -0.158. The molecule has 0 radical (unpaired) electrons. The predicted molar refractivity (Wildman–Crippen MR) is 67.1 cm³/mol. The van der Waals surface area contributed by atoms with E-state index in [0.29, 0.717) is 13.1 Å². The maximum absolute atomic E-state index is 11.7. The molecule has 0 N–H and O–H groups in total. The van der Waals surface area contributed by atoms with E-state index in [0.717, 1.165) is 0 Å². The van der Waals surface area contributed by atoms with Crippen molar-refractivity contribution in [3.63, 3.8) is 0 Å². The fourth-order valence-electron chi connectivity index (χ4n) is 1.84. The van der Waals surface area contributed by atoms with Gasteiger partial charge >= 0.3 is 12.1 Å². The summed E-state index contributed by atoms with van der Waals surface area (Å²) in [4.78, 5) is 25.0. The summed E-state index contributed by atoms with van der Waals surface area (Å²) >= 11 is 0. The van der Waals surface area contributed by atoms with Crippen LogP contribution in [0.2, 0.25) is 0 Å². The number of carbonyl (C=O) groups excluding carboxylic acids is 2. The fourth-order valence-corrected chi connectivity index (χ4v) is 1.84. The van der Waals surface area contributed by atoms with E-state index in [2.05, 4.69) is 0 Å². The number of nitrogens with zero attached hydrogens (tertiary/aromatic N) is 1. The number of rotatable bonds is 2. The van der Waals surface area contributed by atoms with Gasteiger partial charge in [0.1, 0.15) is 5.60 Å². The van der Waals surface area contributed by atoms with Crippen molar-refractivity contribution < 1.29 is 19.1 Å². The van der Waals surface area contributed by atoms with Gasteiger partial charge in [0.15, 0.2) is 0 Å². The van der Waals surface area contributed by atoms with Crippen molar-refractivity contribution in [3.8, 4) is 0 Å². The van der Waals surface area contributed by atoms with Crippen LogP contribution < -0.4 is 0 Å². The first-order chi connectivity index (χ1) is 8.08. The molecule has 1 aliphatic heterocycles. The maximum Gasteiger partial charge on any atom is 0.410 e. The van der Waals surface area contributed by atoms with Gasteiger partial charge in [-0.1, -0.05) is 0 Å². The Kier molecular flexibility index (Phi) is 3.93. The van der Waals surface area contributed by atoms with Crippen LogP contribution in [0.5, 0.6) is 0 Å². The summed E-state index contributed by atoms with van der Waals surface area (Å²) in [5, 5.41) is 0. The Morgan fingerprint density at radius 3 is 2.00 bits per heavy atom. The SMILES string of the molecule is COC(=O)C(C)(C)C1CN(C(=O)OC(C)(C)C)C1. The van der Waals surface area contributed by atoms with Crippen LogP contribution in [-0.4, -0.2) is 42.8 Å². The first kappa shape index (κ1) is 14.8. The molecule has 1 rings (SSSR count). The van der Waals surface area contributed by atoms with E-state index in [1.54, 1.807) is 4.90 Å². The first-order valence-corrected chi connectivity index (χ1v) is 6.14. The van der Waals surface area contributed by atoms with E-state index in [1.807, 2.05) is 34.6 Å². The number of amides is 1. The Hall–Kier alpha value is -1.26. The molecular weight excluding hydrogens is 234 g/mol. The van der Waals surface area contributed by atoms with Crippen molar-refractivity contribution >= 4 is 12.1 Å². The zero-order valence-corrected chi connectivity index (χ0v) is 12.1. The summed E-state index contributed by atoms with van der Waals surface area (Å²) < 4.78 is 10.0. The molecule has 5 heteroatoms. The smallest absolute Gasteiger partial charge is 0.410 e. The summed E-state index contributed by atoms with van der Waals surface area (Å²) in [5.41, 5.74) is -1.05. The molecule has 1 saturated heterocycles. The molecule has 1 fully saturated rings. The van der Waals surface area contributed by atoms with Gasteiger partial charge in [0.25, 0.3) is 0 Å². The average Bonchev–Trinajstić information content (AvgIpc) is 2.10. The van der Waals surface area contributed by atoms with Crippen molar-refractivity contribution in [2.24, 2.45) is 11.3 Å². The van der Waals surface area contributed by atoms with E-state index in [4.69, 9.17) is 9.47 Å². The lowest BCUT2D eigenvalue weighted by atomic mass is 9.74. The Labute approximate surface area is 108 Å². The molecule has 0 spiro atoms. The lowest BCUT2D eigenvalue weighted by Crippen LogP contribution is -2.58. The summed E-state index contributed by atoms with van der Waals surface area (Å²) in [6.07, 6.45) is -0.320. The van der Waals surface area contributed by atoms with Crippen LogP contribution in [0.15, 0.2) is 0 Å². The highest BCUT2D eigenvalue weighted by Crippen LogP contribution is 2.35. The number of esters is 1. The van der Waals surface area contributed by atoms with E-state index in [-0.39, 0.29) is 18.0 Å². The molecule has 18 heavy (non-hydrogen) atoms. The second kappa shape index (κ2) is 4.78. The van der Waals surface area contributed by atoms with Crippen LogP contribution >= 0.6 is 0 Å². The molecule has 104 valence electrons. The summed E-state index contributed by atoms with van der Waals surface area (Å²) in [7, 11) is 1.38. The van der Waals surface area contributed by atoms with E-state index in [1.165, 1.54) is 7.11 Å². The number of methoxy groups -OCH3 is 1. The Bertz CT molecular complexity index is 337. The predicted octanol–water partition coefficient (Wildman–Crippen LogP) is 2.05. The summed E-state index contributed by atoms with van der Waals surface area (Å²) in [6, 6.07) is 0. The highest BCUT2D eigenvalue weighted by molar-refractivity contribution is 5.77. The third-order valence-corrected chi connectivity index (χ3v) is 3.27. The topological polar surface area (TPSA) is 55.8 Å². The van der Waals surface area contributed by atoms with Crippen molar-refractivity contribution in [1.82, 2.24) is 4.90 Å². The third kappa shape index (κ3) is 3.15. The van der Waals surface area contributed by atoms with Gasteiger partial charge in [-0.25, -0.2) is 4.79 Å². The van der Waals surface area contributed by atoms with Gasteiger partial charge < -0.3 is 14.4 Å². The normalized spacial score (nSPS) is 17.1. The first-order valence-electron chi connectivity index (χ1n) is 6.14. The fraction of sp³-hybridized carbons (Fsp3) is 0.846. The minimum Gasteiger partial charge on any atom is -0.469 e. The van der Waals surface area contributed by atoms with Crippen LogP contribution in [0.4, 0.5) is 4.79 Å². The van der Waals surface area contributed by atoms with Crippen LogP contribution in [0.1, 0.15) is 34.6 Å². The highest BCUT2D eigenvalue weighted by atomic mass is 16.6. The molecule has 0 aromatic rings. The molecular formula is C13H23NO4. The number of hydrogen-bond acceptors (Lipinski definition) is 4. The van der Waals surface area contributed by atoms with E-state index < -0.39 is 11.0 Å². The van der Waals surface area contributed by atoms with Crippen molar-refractivity contribution in [3.05, 3.63) is 0 Å². The number of ether oxygens (including phenoxy) is 2. The Balaban J connectivity index is 2.49. The second-order valence-electron chi connectivity index (χ2n) is 6.30. The standard InChI is InChI=1S/C13H23NO4/c1-12(2,3)18-11(16)14-7-9(8-14)13(4,5)10(15)17-6/h9H,7-8H2,1-6H3. The van der Waals surface area contributed by atoms with Crippen molar-refractivity contribution in [1.29, 1.82) is 0 Å². The molecule has 5 nitrogen and oxygen atoms in total. The van der Waals surface area contributed by atoms with Gasteiger partial charge in [-0.15, -0.1) is 0 Å². The number of carbonyl (C=O) groups is 2. The Morgan fingerprint density at radius 1 is 1.11 bits per heavy atom. The minimum atomic E-state index is -0.562. The highest BCUT2D eigenvalue weighted by Gasteiger charge is 2.46. The number of hydrogen-bond donors (Lipinski definition) is 0. The van der Waals surface area contributed by atoms with Crippen molar-refractivity contribution in [2.45, 2.75) is 40.2 Å². The van der Waals surface area contributed by atoms with E-state index in [9.17, 15) is 9.59 Å². The molecule has 0 aromatic carbocycles. The van der Waals surface area contributed by atoms with Crippen LogP contribution in [-0.2, 0) is 14.3 Å². The second-order valence-corrected chi connectivity index (χ2v) is 6.30. The van der Waals surface area contributed by atoms with Crippen LogP contribution in [0.25, 0.3) is 0 Å². The summed E-state index contributed by atoms with van der Waals surface area (Å²) in [6.45, 7) is 10.3. The molecule has 1 heterocycles. The molecule has 0 unspecified atom stereocenters. The molecule has 0 saturated carbocycles. The number of likely N-dealkylation sites (tertiary alicyclic amines) is 1. The summed E-state index contributed by atoms with van der Waals surface area (Å²) in [5.74, 6) is -0.117. The Morgan fingerprint density at radius 2 is 1.61 bits per heavy atom. The monoisotopic (exact) mass is 257 g/mol. The molecule has 0 aliphatic carbocycles. The quantitative estimate of drug-likeness (QED) is 0.710. The van der Waals surface area contributed by atoms with E-state index >= 15 is 0 Å². The zero-order chi connectivity index (χ0) is 14.1. The largest absolute Gasteiger partial charge is 0.469 e. The molecule has 0 aromatic heterocycles. The molecule has 0 bridgehead atoms. The van der Waals surface area contributed by atoms with Crippen LogP contribution in [0.3, 0.4) is 0 Å². The molecule has 0 atom stereocenters. The van der Waals surface area contributed by atoms with Crippen LogP contribution in [0, 0.1) is 11.3 Å². The van der Waals surface area contributed by atoms with Gasteiger partial charge in [0, 0.05) is 19.0 Å².